The van der Waals surface area contributed by atoms with Gasteiger partial charge in [-0.05, 0) is 17.7 Å². The average Bonchev–Trinajstić information content (AvgIpc) is 2.85. The highest BCUT2D eigenvalue weighted by Gasteiger charge is 2.03. The van der Waals surface area contributed by atoms with Gasteiger partial charge < -0.3 is 4.57 Å². The number of hydrogen-bond acceptors (Lipinski definition) is 2. The molecule has 1 heterocycles. The summed E-state index contributed by atoms with van der Waals surface area (Å²) in [7, 11) is 1.98. The summed E-state index contributed by atoms with van der Waals surface area (Å²) in [6.07, 6.45) is 2.00. The van der Waals surface area contributed by atoms with Crippen LogP contribution >= 0.6 is 0 Å². The highest BCUT2D eigenvalue weighted by Crippen LogP contribution is 2.16. The van der Waals surface area contributed by atoms with E-state index in [0.717, 1.165) is 22.2 Å². The number of carbonyl (C=O) groups excluding carboxylic acids is 1. The summed E-state index contributed by atoms with van der Waals surface area (Å²) < 4.78 is 2.04. The molecule has 4 nitrogen and oxygen atoms in total. The third-order valence-electron chi connectivity index (χ3n) is 3.58. The van der Waals surface area contributed by atoms with Gasteiger partial charge >= 0.3 is 0 Å². The lowest BCUT2D eigenvalue weighted by Gasteiger charge is -2.01. The fourth-order valence-electron chi connectivity index (χ4n) is 2.43. The Kier molecular flexibility index (Phi) is 4.01. The number of hydrogen-bond donors (Lipinski definition) is 1. The van der Waals surface area contributed by atoms with Crippen molar-refractivity contribution < 1.29 is 4.79 Å². The molecule has 1 aromatic heterocycles. The molecule has 0 bridgehead atoms. The third-order valence-corrected chi connectivity index (χ3v) is 3.58. The van der Waals surface area contributed by atoms with E-state index in [-0.39, 0.29) is 5.91 Å². The molecule has 0 aliphatic carbocycles. The van der Waals surface area contributed by atoms with E-state index >= 15 is 0 Å². The lowest BCUT2D eigenvalue weighted by atomic mass is 10.1. The summed E-state index contributed by atoms with van der Waals surface area (Å²) in [5.41, 5.74) is 5.62. The standard InChI is InChI=1S/C18H17N3O/c1-21-16(12-15-9-5-6-10-17(15)21)13-19-20-18(22)11-14-7-3-2-4-8-14/h2-10,12-13H,11H2,1H3,(H,20,22). The number of nitrogens with zero attached hydrogens (tertiary/aromatic N) is 2. The summed E-state index contributed by atoms with van der Waals surface area (Å²) in [6, 6.07) is 19.8. The molecule has 0 saturated heterocycles. The number of aryl methyl sites for hydroxylation is 1. The fourth-order valence-corrected chi connectivity index (χ4v) is 2.43. The maximum absolute atomic E-state index is 11.8. The Morgan fingerprint density at radius 1 is 1.14 bits per heavy atom. The van der Waals surface area contributed by atoms with E-state index < -0.39 is 0 Å². The number of amides is 1. The second kappa shape index (κ2) is 6.26. The quantitative estimate of drug-likeness (QED) is 0.583. The van der Waals surface area contributed by atoms with E-state index in [1.54, 1.807) is 6.21 Å². The molecule has 1 N–H and O–H groups in total. The molecule has 2 aromatic carbocycles. The predicted molar refractivity (Wildman–Crippen MR) is 88.8 cm³/mol. The van der Waals surface area contributed by atoms with Crippen molar-refractivity contribution in [2.24, 2.45) is 12.1 Å². The van der Waals surface area contributed by atoms with Gasteiger partial charge in [0.25, 0.3) is 0 Å². The number of para-hydroxylation sites is 1. The number of benzene rings is 2. The highest BCUT2D eigenvalue weighted by molar-refractivity contribution is 5.91. The van der Waals surface area contributed by atoms with Gasteiger partial charge in [0.15, 0.2) is 0 Å². The molecule has 1 amide bonds. The van der Waals surface area contributed by atoms with Gasteiger partial charge in [-0.1, -0.05) is 48.5 Å². The molecule has 0 aliphatic heterocycles. The Balaban J connectivity index is 1.66. The maximum atomic E-state index is 11.8. The summed E-state index contributed by atoms with van der Waals surface area (Å²) in [5, 5.41) is 5.20. The van der Waals surface area contributed by atoms with E-state index in [4.69, 9.17) is 0 Å². The van der Waals surface area contributed by atoms with E-state index in [9.17, 15) is 4.79 Å². The first kappa shape index (κ1) is 14.1. The first-order chi connectivity index (χ1) is 10.7. The SMILES string of the molecule is Cn1c(C=NNC(=O)Cc2ccccc2)cc2ccccc21. The van der Waals surface area contributed by atoms with Crippen molar-refractivity contribution in [2.45, 2.75) is 6.42 Å². The van der Waals surface area contributed by atoms with Crippen LogP contribution < -0.4 is 5.43 Å². The Labute approximate surface area is 129 Å². The van der Waals surface area contributed by atoms with Crippen molar-refractivity contribution in [1.29, 1.82) is 0 Å². The first-order valence-electron chi connectivity index (χ1n) is 7.14. The summed E-state index contributed by atoms with van der Waals surface area (Å²) >= 11 is 0. The van der Waals surface area contributed by atoms with Crippen molar-refractivity contribution in [3.8, 4) is 0 Å². The molecule has 0 aliphatic rings. The molecule has 0 fully saturated rings. The predicted octanol–water partition coefficient (Wildman–Crippen LogP) is 2.87. The zero-order valence-corrected chi connectivity index (χ0v) is 12.4. The molecule has 3 aromatic rings. The lowest BCUT2D eigenvalue weighted by Crippen LogP contribution is -2.19. The van der Waals surface area contributed by atoms with Crippen molar-refractivity contribution in [1.82, 2.24) is 9.99 Å². The first-order valence-corrected chi connectivity index (χ1v) is 7.14. The van der Waals surface area contributed by atoms with Crippen LogP contribution in [0.3, 0.4) is 0 Å². The van der Waals surface area contributed by atoms with Crippen LogP contribution in [0.5, 0.6) is 0 Å². The van der Waals surface area contributed by atoms with Crippen LogP contribution in [0.4, 0.5) is 0 Å². The van der Waals surface area contributed by atoms with Crippen LogP contribution in [0.2, 0.25) is 0 Å². The molecule has 4 heteroatoms. The van der Waals surface area contributed by atoms with Gasteiger partial charge in [0.05, 0.1) is 18.3 Å². The monoisotopic (exact) mass is 291 g/mol. The van der Waals surface area contributed by atoms with E-state index in [1.165, 1.54) is 0 Å². The number of aromatic nitrogens is 1. The smallest absolute Gasteiger partial charge is 0.244 e. The van der Waals surface area contributed by atoms with Crippen LogP contribution in [-0.4, -0.2) is 16.7 Å². The van der Waals surface area contributed by atoms with Gasteiger partial charge in [0.1, 0.15) is 0 Å². The zero-order chi connectivity index (χ0) is 15.4. The molecule has 0 unspecified atom stereocenters. The van der Waals surface area contributed by atoms with Crippen molar-refractivity contribution >= 4 is 23.0 Å². The van der Waals surface area contributed by atoms with Crippen LogP contribution in [0.25, 0.3) is 10.9 Å². The molecule has 0 radical (unpaired) electrons. The topological polar surface area (TPSA) is 46.4 Å². The minimum absolute atomic E-state index is 0.124. The molecule has 22 heavy (non-hydrogen) atoms. The maximum Gasteiger partial charge on any atom is 0.244 e. The molecule has 110 valence electrons. The Bertz CT molecular complexity index is 819. The van der Waals surface area contributed by atoms with Gasteiger partial charge in [-0.15, -0.1) is 0 Å². The van der Waals surface area contributed by atoms with Crippen LogP contribution in [-0.2, 0) is 18.3 Å². The molecule has 3 rings (SSSR count). The van der Waals surface area contributed by atoms with Gasteiger partial charge in [-0.25, -0.2) is 5.43 Å². The summed E-state index contributed by atoms with van der Waals surface area (Å²) in [6.45, 7) is 0. The number of rotatable bonds is 4. The molecule has 0 saturated carbocycles. The third kappa shape index (κ3) is 3.06. The van der Waals surface area contributed by atoms with Crippen molar-refractivity contribution in [3.05, 3.63) is 71.9 Å². The van der Waals surface area contributed by atoms with E-state index in [1.807, 2.05) is 60.1 Å². The largest absolute Gasteiger partial charge is 0.343 e. The van der Waals surface area contributed by atoms with Crippen molar-refractivity contribution in [2.75, 3.05) is 0 Å². The molecular formula is C18H17N3O. The Morgan fingerprint density at radius 3 is 2.64 bits per heavy atom. The van der Waals surface area contributed by atoms with Gasteiger partial charge in [0.2, 0.25) is 5.91 Å². The Morgan fingerprint density at radius 2 is 1.86 bits per heavy atom. The number of hydrazone groups is 1. The fraction of sp³-hybridized carbons (Fsp3) is 0.111. The van der Waals surface area contributed by atoms with Crippen LogP contribution in [0, 0.1) is 0 Å². The normalized spacial score (nSPS) is 11.1. The summed E-state index contributed by atoms with van der Waals surface area (Å²) in [4.78, 5) is 11.8. The molecule has 0 atom stereocenters. The zero-order valence-electron chi connectivity index (χ0n) is 12.4. The van der Waals surface area contributed by atoms with E-state index in [0.29, 0.717) is 6.42 Å². The minimum atomic E-state index is -0.124. The van der Waals surface area contributed by atoms with E-state index in [2.05, 4.69) is 22.7 Å². The highest BCUT2D eigenvalue weighted by atomic mass is 16.2. The Hall–Kier alpha value is -2.88. The van der Waals surface area contributed by atoms with Crippen LogP contribution in [0.15, 0.2) is 65.8 Å². The lowest BCUT2D eigenvalue weighted by molar-refractivity contribution is -0.120. The number of nitrogens with one attached hydrogen (secondary N) is 1. The van der Waals surface area contributed by atoms with Crippen molar-refractivity contribution in [3.63, 3.8) is 0 Å². The van der Waals surface area contributed by atoms with Gasteiger partial charge in [0, 0.05) is 18.0 Å². The van der Waals surface area contributed by atoms with Gasteiger partial charge in [-0.3, -0.25) is 4.79 Å². The minimum Gasteiger partial charge on any atom is -0.343 e. The number of carbonyl (C=O) groups is 1. The summed E-state index contributed by atoms with van der Waals surface area (Å²) in [5.74, 6) is -0.124. The number of fused-ring (bicyclic) bond motifs is 1. The molecule has 0 spiro atoms. The van der Waals surface area contributed by atoms with Gasteiger partial charge in [-0.2, -0.15) is 5.10 Å². The average molecular weight is 291 g/mol. The molecular weight excluding hydrogens is 274 g/mol. The second-order valence-electron chi connectivity index (χ2n) is 5.14. The second-order valence-corrected chi connectivity index (χ2v) is 5.14. The van der Waals surface area contributed by atoms with Crippen LogP contribution in [0.1, 0.15) is 11.3 Å².